The third-order valence-corrected chi connectivity index (χ3v) is 9.55. The molecule has 0 bridgehead atoms. The fourth-order valence-electron chi connectivity index (χ4n) is 7.33. The standard InChI is InChI=1S/C50H30O2/c1-3-14-32(15-4-1)47-41-26-28-44-48(50(41)52-49(47)33-16-5-2-6-17-33)42-30-36(25-27-43(42)51-44)46-39-21-11-9-19-37(39)45(38-20-10-12-22-40(38)46)35-24-23-31-13-7-8-18-34(31)29-35/h1-30H/i7D,8D,9D,10D,11D,12D,13D,18D,19D,20D,21D,22D,23D,24D,29D. The number of hydrogen-bond donors (Lipinski definition) is 0. The van der Waals surface area contributed by atoms with E-state index in [2.05, 4.69) is 0 Å². The summed E-state index contributed by atoms with van der Waals surface area (Å²) in [6.07, 6.45) is 0. The molecule has 9 aromatic carbocycles. The van der Waals surface area contributed by atoms with Gasteiger partial charge in [0.15, 0.2) is 0 Å². The third-order valence-electron chi connectivity index (χ3n) is 9.55. The van der Waals surface area contributed by atoms with Gasteiger partial charge >= 0.3 is 0 Å². The maximum atomic E-state index is 9.51. The van der Waals surface area contributed by atoms with Gasteiger partial charge in [-0.25, -0.2) is 0 Å². The second kappa shape index (κ2) is 11.3. The van der Waals surface area contributed by atoms with Gasteiger partial charge in [-0.05, 0) is 90.4 Å². The fourth-order valence-corrected chi connectivity index (χ4v) is 7.33. The number of hydrogen-bond acceptors (Lipinski definition) is 2. The summed E-state index contributed by atoms with van der Waals surface area (Å²) in [7, 11) is 0. The Kier molecular flexibility index (Phi) is 3.88. The highest BCUT2D eigenvalue weighted by molar-refractivity contribution is 6.24. The topological polar surface area (TPSA) is 26.3 Å². The van der Waals surface area contributed by atoms with Gasteiger partial charge in [0.1, 0.15) is 22.5 Å². The summed E-state index contributed by atoms with van der Waals surface area (Å²) in [5.41, 5.74) is 3.29. The minimum atomic E-state index is -0.754. The van der Waals surface area contributed by atoms with Crippen molar-refractivity contribution in [3.05, 3.63) is 182 Å². The number of furan rings is 2. The van der Waals surface area contributed by atoms with Crippen LogP contribution in [0.5, 0.6) is 0 Å². The quantitative estimate of drug-likeness (QED) is 0.173. The maximum Gasteiger partial charge on any atom is 0.147 e. The van der Waals surface area contributed by atoms with Crippen LogP contribution < -0.4 is 0 Å². The highest BCUT2D eigenvalue weighted by Gasteiger charge is 2.23. The molecule has 2 aromatic heterocycles. The third kappa shape index (κ3) is 4.31. The molecule has 0 aliphatic rings. The Bertz CT molecular complexity index is 3950. The van der Waals surface area contributed by atoms with Crippen LogP contribution in [0, 0.1) is 0 Å². The van der Waals surface area contributed by atoms with E-state index in [0.717, 1.165) is 22.1 Å². The van der Waals surface area contributed by atoms with Crippen LogP contribution in [-0.2, 0) is 0 Å². The zero-order chi connectivity index (χ0) is 47.2. The molecule has 0 fully saturated rings. The molecule has 52 heavy (non-hydrogen) atoms. The molecule has 0 amide bonds. The monoisotopic (exact) mass is 677 g/mol. The van der Waals surface area contributed by atoms with Gasteiger partial charge in [0.2, 0.25) is 0 Å². The first-order valence-corrected chi connectivity index (χ1v) is 16.5. The van der Waals surface area contributed by atoms with Crippen molar-refractivity contribution in [3.63, 3.8) is 0 Å². The molecule has 0 spiro atoms. The predicted molar refractivity (Wildman–Crippen MR) is 218 cm³/mol. The fraction of sp³-hybridized carbons (Fsp3) is 0. The van der Waals surface area contributed by atoms with Crippen LogP contribution in [0.25, 0.3) is 110 Å². The second-order valence-electron chi connectivity index (χ2n) is 12.4. The first-order valence-electron chi connectivity index (χ1n) is 24.0. The first-order chi connectivity index (χ1) is 32.0. The van der Waals surface area contributed by atoms with Gasteiger partial charge in [0.05, 0.1) is 25.9 Å². The van der Waals surface area contributed by atoms with E-state index in [1.165, 1.54) is 0 Å². The summed E-state index contributed by atoms with van der Waals surface area (Å²) in [6, 6.07) is 17.9. The lowest BCUT2D eigenvalue weighted by atomic mass is 9.85. The van der Waals surface area contributed by atoms with Gasteiger partial charge in [-0.1, -0.05) is 151 Å². The highest BCUT2D eigenvalue weighted by Crippen LogP contribution is 2.48. The zero-order valence-electron chi connectivity index (χ0n) is 42.0. The summed E-state index contributed by atoms with van der Waals surface area (Å²) in [6.45, 7) is 0. The number of benzene rings is 9. The molecule has 242 valence electrons. The lowest BCUT2D eigenvalue weighted by Gasteiger charge is -2.18. The molecule has 0 radical (unpaired) electrons. The van der Waals surface area contributed by atoms with Crippen LogP contribution in [0.2, 0.25) is 0 Å². The summed E-state index contributed by atoms with van der Waals surface area (Å²) in [4.78, 5) is 0. The Morgan fingerprint density at radius 2 is 0.981 bits per heavy atom. The van der Waals surface area contributed by atoms with Crippen molar-refractivity contribution in [1.82, 2.24) is 0 Å². The SMILES string of the molecule is [2H]c1c([2H])c([2H])c2c([2H])c(-c3c4c([2H])c([2H])c([2H])c([2H])c4c(-c4ccc5oc6ccc7c(-c8ccccc8)c(-c8ccccc8)oc7c6c5c4)c4c([2H])c([2H])c([2H])c([2H])c34)c([2H])c([2H])c2c1[2H]. The molecule has 2 nitrogen and oxygen atoms in total. The van der Waals surface area contributed by atoms with Crippen LogP contribution in [0.1, 0.15) is 20.6 Å². The van der Waals surface area contributed by atoms with Crippen molar-refractivity contribution < 1.29 is 29.4 Å². The van der Waals surface area contributed by atoms with Crippen LogP contribution in [-0.4, -0.2) is 0 Å². The summed E-state index contributed by atoms with van der Waals surface area (Å²) < 4.78 is 149. The van der Waals surface area contributed by atoms with Crippen molar-refractivity contribution >= 4 is 65.2 Å². The van der Waals surface area contributed by atoms with E-state index in [0.29, 0.717) is 33.3 Å². The van der Waals surface area contributed by atoms with Gasteiger partial charge in [0.25, 0.3) is 0 Å². The van der Waals surface area contributed by atoms with E-state index in [1.54, 1.807) is 18.2 Å². The normalized spacial score (nSPS) is 15.9. The van der Waals surface area contributed by atoms with Crippen LogP contribution >= 0.6 is 0 Å². The first kappa shape index (κ1) is 17.8. The summed E-state index contributed by atoms with van der Waals surface area (Å²) >= 11 is 0. The highest BCUT2D eigenvalue weighted by atomic mass is 16.3. The number of fused-ring (bicyclic) bond motifs is 8. The molecule has 2 heteroatoms. The lowest BCUT2D eigenvalue weighted by Crippen LogP contribution is -1.91. The molecule has 0 N–H and O–H groups in total. The predicted octanol–water partition coefficient (Wildman–Crippen LogP) is 14.5. The largest absolute Gasteiger partial charge is 0.456 e. The summed E-state index contributed by atoms with van der Waals surface area (Å²) in [5.74, 6) is 0.613. The van der Waals surface area contributed by atoms with E-state index in [1.807, 2.05) is 72.8 Å². The molecule has 0 aliphatic carbocycles. The molecule has 0 atom stereocenters. The summed E-state index contributed by atoms with van der Waals surface area (Å²) in [5, 5.41) is -0.0826. The molecule has 0 unspecified atom stereocenters. The van der Waals surface area contributed by atoms with Crippen molar-refractivity contribution in [3.8, 4) is 44.7 Å². The smallest absolute Gasteiger partial charge is 0.147 e. The van der Waals surface area contributed by atoms with Gasteiger partial charge in [-0.2, -0.15) is 0 Å². The lowest BCUT2D eigenvalue weighted by molar-refractivity contribution is 0.634. The average Bonchev–Trinajstić information content (AvgIpc) is 3.92. The van der Waals surface area contributed by atoms with Gasteiger partial charge in [-0.15, -0.1) is 0 Å². The molecule has 0 aliphatic heterocycles. The van der Waals surface area contributed by atoms with E-state index in [4.69, 9.17) is 21.2 Å². The van der Waals surface area contributed by atoms with Crippen molar-refractivity contribution in [2.75, 3.05) is 0 Å². The van der Waals surface area contributed by atoms with Crippen molar-refractivity contribution in [2.45, 2.75) is 0 Å². The van der Waals surface area contributed by atoms with E-state index < -0.39 is 107 Å². The Labute approximate surface area is 320 Å². The minimum Gasteiger partial charge on any atom is -0.456 e. The van der Waals surface area contributed by atoms with E-state index in [-0.39, 0.29) is 38.2 Å². The average molecular weight is 678 g/mol. The van der Waals surface area contributed by atoms with Crippen LogP contribution in [0.4, 0.5) is 0 Å². The van der Waals surface area contributed by atoms with Crippen LogP contribution in [0.3, 0.4) is 0 Å². The molecular formula is C50H30O2. The van der Waals surface area contributed by atoms with Crippen molar-refractivity contribution in [2.24, 2.45) is 0 Å². The Morgan fingerprint density at radius 3 is 1.67 bits per heavy atom. The molecule has 0 saturated heterocycles. The molecule has 2 heterocycles. The molecular weight excluding hydrogens is 633 g/mol. The molecule has 11 aromatic rings. The van der Waals surface area contributed by atoms with Gasteiger partial charge in [0, 0.05) is 21.9 Å². The van der Waals surface area contributed by atoms with Gasteiger partial charge in [-0.3, -0.25) is 0 Å². The Morgan fingerprint density at radius 1 is 0.385 bits per heavy atom. The maximum absolute atomic E-state index is 9.51. The number of rotatable bonds is 4. The Balaban J connectivity index is 1.33. The van der Waals surface area contributed by atoms with E-state index >= 15 is 0 Å². The second-order valence-corrected chi connectivity index (χ2v) is 12.4. The minimum absolute atomic E-state index is 0.0163. The Hall–Kier alpha value is -6.90. The van der Waals surface area contributed by atoms with E-state index in [9.17, 15) is 8.22 Å². The van der Waals surface area contributed by atoms with Gasteiger partial charge < -0.3 is 8.83 Å². The zero-order valence-corrected chi connectivity index (χ0v) is 27.0. The van der Waals surface area contributed by atoms with Crippen LogP contribution in [0.15, 0.2) is 190 Å². The van der Waals surface area contributed by atoms with Crippen molar-refractivity contribution in [1.29, 1.82) is 0 Å². The molecule has 0 saturated carbocycles. The molecule has 11 rings (SSSR count).